The molecule has 3 aromatic rings. The van der Waals surface area contributed by atoms with Gasteiger partial charge < -0.3 is 5.73 Å². The number of hydrogen-bond donors (Lipinski definition) is 1. The second-order valence-electron chi connectivity index (χ2n) is 4.67. The second kappa shape index (κ2) is 4.07. The summed E-state index contributed by atoms with van der Waals surface area (Å²) in [5.74, 6) is 1.53. The summed E-state index contributed by atoms with van der Waals surface area (Å²) in [6, 6.07) is 3.92. The smallest absolute Gasteiger partial charge is 0.234 e. The molecular formula is C12H12N6S. The van der Waals surface area contributed by atoms with Gasteiger partial charge in [0.1, 0.15) is 5.01 Å². The van der Waals surface area contributed by atoms with E-state index < -0.39 is 0 Å². The minimum absolute atomic E-state index is 0.436. The molecule has 0 saturated heterocycles. The first-order valence-corrected chi connectivity index (χ1v) is 7.04. The fourth-order valence-corrected chi connectivity index (χ4v) is 2.91. The maximum Gasteiger partial charge on any atom is 0.234 e. The zero-order valence-electron chi connectivity index (χ0n) is 10.2. The molecule has 1 aliphatic rings. The van der Waals surface area contributed by atoms with Gasteiger partial charge in [-0.1, -0.05) is 11.3 Å². The van der Waals surface area contributed by atoms with Crippen LogP contribution in [0.25, 0.3) is 15.5 Å². The van der Waals surface area contributed by atoms with Crippen molar-refractivity contribution in [1.82, 2.24) is 24.8 Å². The molecule has 0 atom stereocenters. The molecule has 96 valence electrons. The molecule has 2 N–H and O–H groups in total. The first-order chi connectivity index (χ1) is 9.35. The van der Waals surface area contributed by atoms with Gasteiger partial charge in [-0.2, -0.15) is 9.61 Å². The molecular weight excluding hydrogens is 260 g/mol. The predicted molar refractivity (Wildman–Crippen MR) is 71.8 cm³/mol. The minimum Gasteiger partial charge on any atom is -0.325 e. The summed E-state index contributed by atoms with van der Waals surface area (Å²) in [7, 11) is 0. The number of nitrogens with two attached hydrogens (primary N) is 1. The van der Waals surface area contributed by atoms with Crippen LogP contribution in [-0.4, -0.2) is 24.8 Å². The van der Waals surface area contributed by atoms with Gasteiger partial charge in [0.15, 0.2) is 5.82 Å². The van der Waals surface area contributed by atoms with E-state index in [9.17, 15) is 0 Å². The van der Waals surface area contributed by atoms with E-state index in [-0.39, 0.29) is 0 Å². The Kier molecular flexibility index (Phi) is 2.36. The van der Waals surface area contributed by atoms with E-state index >= 15 is 0 Å². The highest BCUT2D eigenvalue weighted by Crippen LogP contribution is 2.39. The number of nitrogens with zero attached hydrogens (tertiary/aromatic N) is 5. The van der Waals surface area contributed by atoms with E-state index in [2.05, 4.69) is 20.3 Å². The summed E-state index contributed by atoms with van der Waals surface area (Å²) in [6.45, 7) is 0.436. The lowest BCUT2D eigenvalue weighted by atomic mass is 10.2. The Morgan fingerprint density at radius 1 is 1.37 bits per heavy atom. The standard InChI is InChI=1S/C12H12N6S/c13-6-9-5-8(3-4-14-9)11-17-18-10(7-1-2-7)15-16-12(18)19-11/h3-5,7H,1-2,6,13H2. The largest absolute Gasteiger partial charge is 0.325 e. The Bertz CT molecular complexity index is 742. The maximum absolute atomic E-state index is 5.62. The quantitative estimate of drug-likeness (QED) is 0.782. The molecule has 0 spiro atoms. The van der Waals surface area contributed by atoms with Gasteiger partial charge in [-0.15, -0.1) is 10.2 Å². The topological polar surface area (TPSA) is 82.0 Å². The molecule has 3 aromatic heterocycles. The summed E-state index contributed by atoms with van der Waals surface area (Å²) in [6.07, 6.45) is 4.15. The predicted octanol–water partition coefficient (Wildman–Crippen LogP) is 1.58. The van der Waals surface area contributed by atoms with Crippen LogP contribution in [0.3, 0.4) is 0 Å². The molecule has 7 heteroatoms. The van der Waals surface area contributed by atoms with E-state index in [1.165, 1.54) is 12.8 Å². The molecule has 3 heterocycles. The number of hydrogen-bond acceptors (Lipinski definition) is 6. The van der Waals surface area contributed by atoms with E-state index in [0.29, 0.717) is 12.5 Å². The SMILES string of the molecule is NCc1cc(-c2nn3c(C4CC4)nnc3s2)ccn1. The Morgan fingerprint density at radius 2 is 2.26 bits per heavy atom. The number of pyridine rings is 1. The summed E-state index contributed by atoms with van der Waals surface area (Å²) >= 11 is 1.55. The monoisotopic (exact) mass is 272 g/mol. The van der Waals surface area contributed by atoms with Crippen LogP contribution in [0.4, 0.5) is 0 Å². The summed E-state index contributed by atoms with van der Waals surface area (Å²) in [5.41, 5.74) is 7.52. The second-order valence-corrected chi connectivity index (χ2v) is 5.63. The van der Waals surface area contributed by atoms with Crippen LogP contribution in [-0.2, 0) is 6.54 Å². The van der Waals surface area contributed by atoms with Crippen LogP contribution >= 0.6 is 11.3 Å². The van der Waals surface area contributed by atoms with Gasteiger partial charge >= 0.3 is 0 Å². The van der Waals surface area contributed by atoms with Gasteiger partial charge in [-0.05, 0) is 25.0 Å². The maximum atomic E-state index is 5.62. The Hall–Kier alpha value is -1.86. The molecule has 19 heavy (non-hydrogen) atoms. The number of rotatable bonds is 3. The molecule has 6 nitrogen and oxygen atoms in total. The Balaban J connectivity index is 1.81. The van der Waals surface area contributed by atoms with Gasteiger partial charge in [0.2, 0.25) is 4.96 Å². The summed E-state index contributed by atoms with van der Waals surface area (Å²) < 4.78 is 1.88. The van der Waals surface area contributed by atoms with Crippen LogP contribution in [0.1, 0.15) is 30.3 Å². The highest BCUT2D eigenvalue weighted by Gasteiger charge is 2.30. The van der Waals surface area contributed by atoms with Crippen LogP contribution in [0.15, 0.2) is 18.3 Å². The van der Waals surface area contributed by atoms with Crippen molar-refractivity contribution in [1.29, 1.82) is 0 Å². The number of aromatic nitrogens is 5. The molecule has 0 amide bonds. The van der Waals surface area contributed by atoms with Gasteiger partial charge in [0.25, 0.3) is 0 Å². The molecule has 0 unspecified atom stereocenters. The van der Waals surface area contributed by atoms with Crippen LogP contribution < -0.4 is 5.73 Å². The van der Waals surface area contributed by atoms with Crippen molar-refractivity contribution < 1.29 is 0 Å². The Labute approximate surface area is 113 Å². The zero-order chi connectivity index (χ0) is 12.8. The van der Waals surface area contributed by atoms with Crippen molar-refractivity contribution in [2.45, 2.75) is 25.3 Å². The van der Waals surface area contributed by atoms with Crippen LogP contribution in [0.2, 0.25) is 0 Å². The van der Waals surface area contributed by atoms with Crippen molar-refractivity contribution in [2.75, 3.05) is 0 Å². The van der Waals surface area contributed by atoms with Crippen molar-refractivity contribution in [3.8, 4) is 10.6 Å². The fourth-order valence-electron chi connectivity index (χ4n) is 2.07. The highest BCUT2D eigenvalue weighted by atomic mass is 32.1. The Morgan fingerprint density at radius 3 is 3.05 bits per heavy atom. The van der Waals surface area contributed by atoms with Crippen molar-refractivity contribution in [3.05, 3.63) is 29.8 Å². The normalized spacial score (nSPS) is 15.2. The molecule has 0 aromatic carbocycles. The molecule has 1 aliphatic carbocycles. The van der Waals surface area contributed by atoms with E-state index in [1.807, 2.05) is 16.6 Å². The molecule has 1 fully saturated rings. The third-order valence-corrected chi connectivity index (χ3v) is 4.18. The molecule has 0 aliphatic heterocycles. The third kappa shape index (κ3) is 1.82. The first kappa shape index (κ1) is 11.0. The van der Waals surface area contributed by atoms with Gasteiger partial charge in [-0.25, -0.2) is 0 Å². The molecule has 0 radical (unpaired) electrons. The summed E-state index contributed by atoms with van der Waals surface area (Å²) in [5, 5.41) is 14.0. The van der Waals surface area contributed by atoms with Gasteiger partial charge in [0, 0.05) is 24.2 Å². The van der Waals surface area contributed by atoms with Crippen molar-refractivity contribution in [2.24, 2.45) is 5.73 Å². The summed E-state index contributed by atoms with van der Waals surface area (Å²) in [4.78, 5) is 5.05. The average molecular weight is 272 g/mol. The van der Waals surface area contributed by atoms with Crippen molar-refractivity contribution >= 4 is 16.3 Å². The molecule has 0 bridgehead atoms. The molecule has 4 rings (SSSR count). The fraction of sp³-hybridized carbons (Fsp3) is 0.333. The minimum atomic E-state index is 0.436. The lowest BCUT2D eigenvalue weighted by Crippen LogP contribution is -1.99. The van der Waals surface area contributed by atoms with E-state index in [1.54, 1.807) is 17.5 Å². The van der Waals surface area contributed by atoms with E-state index in [0.717, 1.165) is 27.1 Å². The van der Waals surface area contributed by atoms with Gasteiger partial charge in [-0.3, -0.25) is 4.98 Å². The lowest BCUT2D eigenvalue weighted by Gasteiger charge is -1.98. The third-order valence-electron chi connectivity index (χ3n) is 3.23. The van der Waals surface area contributed by atoms with Crippen LogP contribution in [0.5, 0.6) is 0 Å². The lowest BCUT2D eigenvalue weighted by molar-refractivity contribution is 0.828. The average Bonchev–Trinajstić information content (AvgIpc) is 3.07. The van der Waals surface area contributed by atoms with Crippen molar-refractivity contribution in [3.63, 3.8) is 0 Å². The van der Waals surface area contributed by atoms with E-state index in [4.69, 9.17) is 5.73 Å². The van der Waals surface area contributed by atoms with Crippen LogP contribution in [0, 0.1) is 0 Å². The zero-order valence-corrected chi connectivity index (χ0v) is 11.0. The highest BCUT2D eigenvalue weighted by molar-refractivity contribution is 7.19. The van der Waals surface area contributed by atoms with Gasteiger partial charge in [0.05, 0.1) is 5.69 Å². The molecule has 1 saturated carbocycles. The first-order valence-electron chi connectivity index (χ1n) is 6.22. The number of fused-ring (bicyclic) bond motifs is 1.